The third-order valence-corrected chi connectivity index (χ3v) is 2.66. The molecule has 0 spiro atoms. The van der Waals surface area contributed by atoms with Crippen LogP contribution in [-0.4, -0.2) is 12.2 Å². The Bertz CT molecular complexity index is 499. The summed E-state index contributed by atoms with van der Waals surface area (Å²) in [5, 5.41) is 9.05. The molecule has 0 unspecified atom stereocenters. The van der Waals surface area contributed by atoms with Gasteiger partial charge >= 0.3 is 0 Å². The molecule has 2 rings (SSSR count). The van der Waals surface area contributed by atoms with Gasteiger partial charge in [-0.2, -0.15) is 0 Å². The fourth-order valence-corrected chi connectivity index (χ4v) is 1.72. The average Bonchev–Trinajstić information content (AvgIpc) is 2.38. The molecular formula is C14H14FNO. The van der Waals surface area contributed by atoms with Crippen LogP contribution in [-0.2, 0) is 6.61 Å². The number of nitrogens with zero attached hydrogens (tertiary/aromatic N) is 1. The molecule has 0 aliphatic heterocycles. The Morgan fingerprint density at radius 1 is 1.06 bits per heavy atom. The van der Waals surface area contributed by atoms with Crippen molar-refractivity contribution >= 4 is 11.4 Å². The maximum atomic E-state index is 13.4. The van der Waals surface area contributed by atoms with Gasteiger partial charge in [-0.15, -0.1) is 0 Å². The van der Waals surface area contributed by atoms with Crippen molar-refractivity contribution < 1.29 is 9.50 Å². The van der Waals surface area contributed by atoms with Gasteiger partial charge in [0.2, 0.25) is 0 Å². The van der Waals surface area contributed by atoms with Gasteiger partial charge in [-0.25, -0.2) is 4.39 Å². The molecule has 0 aromatic heterocycles. The highest BCUT2D eigenvalue weighted by Gasteiger charge is 2.06. The van der Waals surface area contributed by atoms with Crippen molar-refractivity contribution in [3.63, 3.8) is 0 Å². The first-order valence-electron chi connectivity index (χ1n) is 5.40. The summed E-state index contributed by atoms with van der Waals surface area (Å²) in [5.41, 5.74) is 2.27. The van der Waals surface area contributed by atoms with Crippen molar-refractivity contribution in [2.75, 3.05) is 11.9 Å². The van der Waals surface area contributed by atoms with Gasteiger partial charge in [0.15, 0.2) is 0 Å². The number of aliphatic hydroxyl groups is 1. The topological polar surface area (TPSA) is 23.5 Å². The fraction of sp³-hybridized carbons (Fsp3) is 0.143. The highest BCUT2D eigenvalue weighted by molar-refractivity contribution is 5.62. The van der Waals surface area contributed by atoms with Crippen molar-refractivity contribution in [2.24, 2.45) is 0 Å². The Morgan fingerprint density at radius 2 is 1.76 bits per heavy atom. The Hall–Kier alpha value is -1.87. The third kappa shape index (κ3) is 2.63. The molecule has 17 heavy (non-hydrogen) atoms. The number of benzene rings is 2. The van der Waals surface area contributed by atoms with Crippen LogP contribution in [0.2, 0.25) is 0 Å². The molecular weight excluding hydrogens is 217 g/mol. The molecule has 0 atom stereocenters. The zero-order chi connectivity index (χ0) is 12.3. The van der Waals surface area contributed by atoms with E-state index in [1.165, 1.54) is 12.1 Å². The lowest BCUT2D eigenvalue weighted by Crippen LogP contribution is -2.09. The number of hydrogen-bond donors (Lipinski definition) is 1. The standard InChI is InChI=1S/C14H14FNO/c1-16(13-5-3-2-4-6-13)14-8-11(10-17)7-12(15)9-14/h2-9,17H,10H2,1H3. The van der Waals surface area contributed by atoms with Gasteiger partial charge in [0.05, 0.1) is 6.61 Å². The summed E-state index contributed by atoms with van der Waals surface area (Å²) in [6.07, 6.45) is 0. The highest BCUT2D eigenvalue weighted by atomic mass is 19.1. The van der Waals surface area contributed by atoms with Crippen LogP contribution in [0.25, 0.3) is 0 Å². The third-order valence-electron chi connectivity index (χ3n) is 2.66. The van der Waals surface area contributed by atoms with E-state index in [0.717, 1.165) is 11.4 Å². The number of halogens is 1. The number of anilines is 2. The minimum absolute atomic E-state index is 0.159. The van der Waals surface area contributed by atoms with E-state index < -0.39 is 0 Å². The molecule has 0 saturated carbocycles. The predicted octanol–water partition coefficient (Wildman–Crippen LogP) is 3.09. The van der Waals surface area contributed by atoms with Gasteiger partial charge in [-0.1, -0.05) is 18.2 Å². The van der Waals surface area contributed by atoms with E-state index >= 15 is 0 Å². The molecule has 0 aliphatic rings. The molecule has 0 radical (unpaired) electrons. The summed E-state index contributed by atoms with van der Waals surface area (Å²) < 4.78 is 13.4. The zero-order valence-electron chi connectivity index (χ0n) is 9.60. The van der Waals surface area contributed by atoms with Gasteiger partial charge in [0, 0.05) is 18.4 Å². The van der Waals surface area contributed by atoms with Crippen molar-refractivity contribution in [1.82, 2.24) is 0 Å². The second-order valence-corrected chi connectivity index (χ2v) is 3.87. The summed E-state index contributed by atoms with van der Waals surface area (Å²) in [6.45, 7) is -0.159. The maximum absolute atomic E-state index is 13.4. The van der Waals surface area contributed by atoms with E-state index in [9.17, 15) is 4.39 Å². The monoisotopic (exact) mass is 231 g/mol. The lowest BCUT2D eigenvalue weighted by atomic mass is 10.2. The minimum Gasteiger partial charge on any atom is -0.392 e. The highest BCUT2D eigenvalue weighted by Crippen LogP contribution is 2.25. The zero-order valence-corrected chi connectivity index (χ0v) is 9.60. The van der Waals surface area contributed by atoms with Crippen LogP contribution in [0.3, 0.4) is 0 Å². The molecule has 2 nitrogen and oxygen atoms in total. The fourth-order valence-electron chi connectivity index (χ4n) is 1.72. The van der Waals surface area contributed by atoms with Gasteiger partial charge in [0.25, 0.3) is 0 Å². The average molecular weight is 231 g/mol. The quantitative estimate of drug-likeness (QED) is 0.877. The molecule has 88 valence electrons. The van der Waals surface area contributed by atoms with Crippen LogP contribution in [0.15, 0.2) is 48.5 Å². The summed E-state index contributed by atoms with van der Waals surface area (Å²) in [6, 6.07) is 14.2. The first-order valence-corrected chi connectivity index (χ1v) is 5.40. The number of aliphatic hydroxyl groups excluding tert-OH is 1. The molecule has 0 fully saturated rings. The molecule has 1 N–H and O–H groups in total. The Morgan fingerprint density at radius 3 is 2.41 bits per heavy atom. The molecule has 0 amide bonds. The van der Waals surface area contributed by atoms with E-state index in [1.54, 1.807) is 6.07 Å². The summed E-state index contributed by atoms with van der Waals surface area (Å²) in [7, 11) is 1.87. The molecule has 0 aliphatic carbocycles. The summed E-state index contributed by atoms with van der Waals surface area (Å²) in [5.74, 6) is -0.339. The number of para-hydroxylation sites is 1. The molecule has 0 heterocycles. The van der Waals surface area contributed by atoms with Crippen LogP contribution in [0, 0.1) is 5.82 Å². The van der Waals surface area contributed by atoms with Crippen LogP contribution in [0.1, 0.15) is 5.56 Å². The molecule has 3 heteroatoms. The molecule has 2 aromatic carbocycles. The van der Waals surface area contributed by atoms with Crippen molar-refractivity contribution in [1.29, 1.82) is 0 Å². The normalized spacial score (nSPS) is 10.3. The molecule has 0 saturated heterocycles. The molecule has 2 aromatic rings. The van der Waals surface area contributed by atoms with Crippen LogP contribution >= 0.6 is 0 Å². The second-order valence-electron chi connectivity index (χ2n) is 3.87. The van der Waals surface area contributed by atoms with Gasteiger partial charge in [-0.05, 0) is 35.9 Å². The Balaban J connectivity index is 2.37. The second kappa shape index (κ2) is 4.97. The first kappa shape index (κ1) is 11.6. The number of hydrogen-bond acceptors (Lipinski definition) is 2. The smallest absolute Gasteiger partial charge is 0.125 e. The van der Waals surface area contributed by atoms with E-state index in [2.05, 4.69) is 0 Å². The Kier molecular flexibility index (Phi) is 3.40. The van der Waals surface area contributed by atoms with Gasteiger partial charge < -0.3 is 10.0 Å². The van der Waals surface area contributed by atoms with Crippen LogP contribution < -0.4 is 4.90 Å². The van der Waals surface area contributed by atoms with E-state index in [-0.39, 0.29) is 12.4 Å². The lowest BCUT2D eigenvalue weighted by molar-refractivity contribution is 0.281. The van der Waals surface area contributed by atoms with Crippen LogP contribution in [0.4, 0.5) is 15.8 Å². The van der Waals surface area contributed by atoms with E-state index in [0.29, 0.717) is 5.56 Å². The summed E-state index contributed by atoms with van der Waals surface area (Å²) >= 11 is 0. The van der Waals surface area contributed by atoms with E-state index in [1.807, 2.05) is 42.3 Å². The Labute approximate surface area is 99.9 Å². The minimum atomic E-state index is -0.339. The summed E-state index contributed by atoms with van der Waals surface area (Å²) in [4.78, 5) is 1.88. The van der Waals surface area contributed by atoms with Crippen molar-refractivity contribution in [3.8, 4) is 0 Å². The maximum Gasteiger partial charge on any atom is 0.125 e. The van der Waals surface area contributed by atoms with Crippen molar-refractivity contribution in [2.45, 2.75) is 6.61 Å². The van der Waals surface area contributed by atoms with Crippen LogP contribution in [0.5, 0.6) is 0 Å². The van der Waals surface area contributed by atoms with Gasteiger partial charge in [-0.3, -0.25) is 0 Å². The number of rotatable bonds is 3. The van der Waals surface area contributed by atoms with Gasteiger partial charge in [0.1, 0.15) is 5.82 Å². The van der Waals surface area contributed by atoms with Crippen molar-refractivity contribution in [3.05, 3.63) is 59.9 Å². The molecule has 0 bridgehead atoms. The SMILES string of the molecule is CN(c1ccccc1)c1cc(F)cc(CO)c1. The van der Waals surface area contributed by atoms with E-state index in [4.69, 9.17) is 5.11 Å². The predicted molar refractivity (Wildman–Crippen MR) is 66.8 cm³/mol. The largest absolute Gasteiger partial charge is 0.392 e. The first-order chi connectivity index (χ1) is 8.20. The lowest BCUT2D eigenvalue weighted by Gasteiger charge is -2.20.